The van der Waals surface area contributed by atoms with E-state index >= 15 is 0 Å². The molecule has 0 N–H and O–H groups in total. The second kappa shape index (κ2) is 16.2. The molecule has 70 heavy (non-hydrogen) atoms. The molecule has 0 radical (unpaired) electrons. The maximum atomic E-state index is 6.51. The molecule has 14 aromatic rings. The zero-order valence-corrected chi connectivity index (χ0v) is 37.8. The molecule has 0 saturated heterocycles. The van der Waals surface area contributed by atoms with Crippen LogP contribution in [-0.4, -0.2) is 0 Å². The standard InChI is InChI=1S/C66H41NO3/c1-2-13-42(14-3-1)47-35-40-60(59(41-47)46-29-27-43(28-30-46)50-18-10-21-56-53-15-4-7-24-61(53)68-64(50)56)67(48-36-31-44(32-37-48)51-19-11-22-57-54-16-5-8-25-62(54)69-65(51)57)49-38-33-45(34-39-49)52-20-12-23-58-55-17-6-9-26-63(55)70-66(52)58/h1-41H. The third kappa shape index (κ3) is 6.53. The van der Waals surface area contributed by atoms with Gasteiger partial charge in [0.25, 0.3) is 0 Å². The average Bonchev–Trinajstić information content (AvgIpc) is 4.14. The fourth-order valence-corrected chi connectivity index (χ4v) is 10.5. The number of benzene rings is 11. The van der Waals surface area contributed by atoms with Crippen molar-refractivity contribution in [1.29, 1.82) is 0 Å². The van der Waals surface area contributed by atoms with Crippen LogP contribution < -0.4 is 4.90 Å². The van der Waals surface area contributed by atoms with Gasteiger partial charge in [0, 0.05) is 65.9 Å². The van der Waals surface area contributed by atoms with Crippen molar-refractivity contribution in [1.82, 2.24) is 0 Å². The van der Waals surface area contributed by atoms with Gasteiger partial charge in [-0.2, -0.15) is 0 Å². The first-order chi connectivity index (χ1) is 34.7. The Morgan fingerprint density at radius 2 is 0.571 bits per heavy atom. The van der Waals surface area contributed by atoms with E-state index in [0.717, 1.165) is 139 Å². The second-order valence-electron chi connectivity index (χ2n) is 17.9. The van der Waals surface area contributed by atoms with Crippen molar-refractivity contribution in [2.75, 3.05) is 4.90 Å². The SMILES string of the molecule is c1ccc(-c2ccc(N(c3ccc(-c4cccc5c4oc4ccccc45)cc3)c3ccc(-c4cccc5c4oc4ccccc45)cc3)c(-c3ccc(-c4cccc5c4oc4ccccc45)cc3)c2)cc1. The molecule has 0 unspecified atom stereocenters. The van der Waals surface area contributed by atoms with Crippen LogP contribution in [0.15, 0.2) is 262 Å². The zero-order valence-electron chi connectivity index (χ0n) is 37.8. The van der Waals surface area contributed by atoms with Crippen molar-refractivity contribution < 1.29 is 13.3 Å². The summed E-state index contributed by atoms with van der Waals surface area (Å²) in [6.07, 6.45) is 0. The van der Waals surface area contributed by atoms with E-state index in [0.29, 0.717) is 0 Å². The highest BCUT2D eigenvalue weighted by Crippen LogP contribution is 2.46. The number of nitrogens with zero attached hydrogens (tertiary/aromatic N) is 1. The lowest BCUT2D eigenvalue weighted by Crippen LogP contribution is -2.11. The molecule has 4 nitrogen and oxygen atoms in total. The Morgan fingerprint density at radius 1 is 0.229 bits per heavy atom. The quantitative estimate of drug-likeness (QED) is 0.152. The van der Waals surface area contributed by atoms with Crippen LogP contribution in [0.5, 0.6) is 0 Å². The summed E-state index contributed by atoms with van der Waals surface area (Å²) in [6.45, 7) is 0. The highest BCUT2D eigenvalue weighted by molar-refractivity contribution is 6.12. The second-order valence-corrected chi connectivity index (χ2v) is 17.9. The Kier molecular flexibility index (Phi) is 9.17. The minimum absolute atomic E-state index is 0.888. The molecule has 0 amide bonds. The van der Waals surface area contributed by atoms with Gasteiger partial charge in [0.05, 0.1) is 5.69 Å². The van der Waals surface area contributed by atoms with E-state index in [2.05, 4.69) is 217 Å². The van der Waals surface area contributed by atoms with Crippen molar-refractivity contribution in [3.63, 3.8) is 0 Å². The summed E-state index contributed by atoms with van der Waals surface area (Å²) in [5, 5.41) is 6.70. The summed E-state index contributed by atoms with van der Waals surface area (Å²) in [6, 6.07) is 88.2. The van der Waals surface area contributed by atoms with Crippen molar-refractivity contribution >= 4 is 82.9 Å². The van der Waals surface area contributed by atoms with E-state index in [1.807, 2.05) is 36.4 Å². The summed E-state index contributed by atoms with van der Waals surface area (Å²) >= 11 is 0. The van der Waals surface area contributed by atoms with Gasteiger partial charge in [-0.3, -0.25) is 0 Å². The summed E-state index contributed by atoms with van der Waals surface area (Å²) in [5.74, 6) is 0. The number of anilines is 3. The molecule has 14 rings (SSSR count). The van der Waals surface area contributed by atoms with E-state index in [-0.39, 0.29) is 0 Å². The molecule has 0 aliphatic carbocycles. The Bertz CT molecular complexity index is 4110. The van der Waals surface area contributed by atoms with Crippen molar-refractivity contribution in [3.8, 4) is 55.6 Å². The van der Waals surface area contributed by atoms with E-state index in [1.54, 1.807) is 0 Å². The van der Waals surface area contributed by atoms with Gasteiger partial charge in [-0.05, 0) is 88.0 Å². The van der Waals surface area contributed by atoms with Gasteiger partial charge in [0.1, 0.15) is 33.5 Å². The van der Waals surface area contributed by atoms with Crippen LogP contribution in [0, 0.1) is 0 Å². The van der Waals surface area contributed by atoms with E-state index in [9.17, 15) is 0 Å². The minimum Gasteiger partial charge on any atom is -0.455 e. The molecular formula is C66H41NO3. The van der Waals surface area contributed by atoms with E-state index in [4.69, 9.17) is 13.3 Å². The summed E-state index contributed by atoms with van der Waals surface area (Å²) in [5.41, 5.74) is 19.4. The molecule has 11 aromatic carbocycles. The van der Waals surface area contributed by atoms with Gasteiger partial charge in [-0.25, -0.2) is 0 Å². The smallest absolute Gasteiger partial charge is 0.143 e. The first-order valence-corrected chi connectivity index (χ1v) is 23.7. The highest BCUT2D eigenvalue weighted by Gasteiger charge is 2.21. The normalized spacial score (nSPS) is 11.7. The molecular weight excluding hydrogens is 855 g/mol. The lowest BCUT2D eigenvalue weighted by Gasteiger charge is -2.29. The number of rotatable bonds is 8. The first-order valence-electron chi connectivity index (χ1n) is 23.7. The molecule has 0 bridgehead atoms. The Balaban J connectivity index is 0.926. The van der Waals surface area contributed by atoms with Gasteiger partial charge in [0.2, 0.25) is 0 Å². The molecule has 0 saturated carbocycles. The number of para-hydroxylation sites is 6. The largest absolute Gasteiger partial charge is 0.455 e. The topological polar surface area (TPSA) is 42.7 Å². The van der Waals surface area contributed by atoms with Crippen LogP contribution in [-0.2, 0) is 0 Å². The van der Waals surface area contributed by atoms with Gasteiger partial charge < -0.3 is 18.2 Å². The van der Waals surface area contributed by atoms with Gasteiger partial charge in [-0.15, -0.1) is 0 Å². The van der Waals surface area contributed by atoms with Crippen LogP contribution in [0.1, 0.15) is 0 Å². The predicted octanol–water partition coefficient (Wildman–Crippen LogP) is 19.2. The number of hydrogen-bond donors (Lipinski definition) is 0. The maximum absolute atomic E-state index is 6.51. The highest BCUT2D eigenvalue weighted by atomic mass is 16.3. The third-order valence-electron chi connectivity index (χ3n) is 13.9. The molecule has 0 atom stereocenters. The number of fused-ring (bicyclic) bond motifs is 9. The minimum atomic E-state index is 0.888. The summed E-state index contributed by atoms with van der Waals surface area (Å²) in [7, 11) is 0. The molecule has 4 heteroatoms. The van der Waals surface area contributed by atoms with Crippen LogP contribution >= 0.6 is 0 Å². The van der Waals surface area contributed by atoms with Gasteiger partial charge in [0.15, 0.2) is 0 Å². The first kappa shape index (κ1) is 39.8. The van der Waals surface area contributed by atoms with E-state index in [1.165, 1.54) is 0 Å². The maximum Gasteiger partial charge on any atom is 0.143 e. The third-order valence-corrected chi connectivity index (χ3v) is 13.9. The predicted molar refractivity (Wildman–Crippen MR) is 290 cm³/mol. The summed E-state index contributed by atoms with van der Waals surface area (Å²) < 4.78 is 19.5. The molecule has 3 heterocycles. The van der Waals surface area contributed by atoms with E-state index < -0.39 is 0 Å². The summed E-state index contributed by atoms with van der Waals surface area (Å²) in [4.78, 5) is 2.38. The zero-order chi connectivity index (χ0) is 46.1. The Morgan fingerprint density at radius 3 is 1.00 bits per heavy atom. The Hall–Kier alpha value is -9.38. The molecule has 0 spiro atoms. The van der Waals surface area contributed by atoms with Crippen LogP contribution in [0.25, 0.3) is 121 Å². The van der Waals surface area contributed by atoms with Crippen molar-refractivity contribution in [2.24, 2.45) is 0 Å². The lowest BCUT2D eigenvalue weighted by atomic mass is 9.94. The molecule has 0 aliphatic heterocycles. The van der Waals surface area contributed by atoms with Crippen LogP contribution in [0.3, 0.4) is 0 Å². The molecule has 0 fully saturated rings. The van der Waals surface area contributed by atoms with Crippen LogP contribution in [0.4, 0.5) is 17.1 Å². The fraction of sp³-hybridized carbons (Fsp3) is 0. The molecule has 328 valence electrons. The van der Waals surface area contributed by atoms with Gasteiger partial charge in [-0.1, -0.05) is 194 Å². The number of hydrogen-bond acceptors (Lipinski definition) is 4. The molecule has 0 aliphatic rings. The monoisotopic (exact) mass is 895 g/mol. The lowest BCUT2D eigenvalue weighted by molar-refractivity contribution is 0.669. The van der Waals surface area contributed by atoms with Crippen LogP contribution in [0.2, 0.25) is 0 Å². The van der Waals surface area contributed by atoms with Crippen molar-refractivity contribution in [2.45, 2.75) is 0 Å². The average molecular weight is 896 g/mol. The van der Waals surface area contributed by atoms with Gasteiger partial charge >= 0.3 is 0 Å². The number of furan rings is 3. The fourth-order valence-electron chi connectivity index (χ4n) is 10.5. The molecule has 3 aromatic heterocycles. The Labute approximate surface area is 403 Å². The van der Waals surface area contributed by atoms with Crippen molar-refractivity contribution in [3.05, 3.63) is 249 Å².